The molecular formula is C21H26N2O3. The standard InChI is InChI=1S/C21H26N2O3/c1-2-26-19-10-13-23(14-11-19)20(24)9-12-22-21(25)18-8-7-16-5-3-4-6-17(16)15-18/h3-8,15,19H,2,9-14H2,1H3,(H,22,25). The zero-order valence-electron chi connectivity index (χ0n) is 15.2. The second-order valence-corrected chi connectivity index (χ2v) is 6.60. The normalized spacial score (nSPS) is 15.2. The molecule has 2 amide bonds. The van der Waals surface area contributed by atoms with Gasteiger partial charge < -0.3 is 15.0 Å². The Hall–Kier alpha value is -2.40. The van der Waals surface area contributed by atoms with Gasteiger partial charge in [-0.15, -0.1) is 0 Å². The number of ether oxygens (including phenoxy) is 1. The van der Waals surface area contributed by atoms with Crippen LogP contribution in [0.5, 0.6) is 0 Å². The van der Waals surface area contributed by atoms with Crippen LogP contribution in [0.3, 0.4) is 0 Å². The van der Waals surface area contributed by atoms with E-state index in [-0.39, 0.29) is 17.9 Å². The molecule has 2 aromatic rings. The van der Waals surface area contributed by atoms with Gasteiger partial charge in [-0.2, -0.15) is 0 Å². The second kappa shape index (κ2) is 8.81. The van der Waals surface area contributed by atoms with E-state index >= 15 is 0 Å². The Labute approximate surface area is 154 Å². The average Bonchev–Trinajstić information content (AvgIpc) is 2.68. The van der Waals surface area contributed by atoms with Gasteiger partial charge in [-0.25, -0.2) is 0 Å². The molecule has 26 heavy (non-hydrogen) atoms. The minimum Gasteiger partial charge on any atom is -0.378 e. The number of likely N-dealkylation sites (tertiary alicyclic amines) is 1. The molecular weight excluding hydrogens is 328 g/mol. The molecule has 1 fully saturated rings. The zero-order valence-corrected chi connectivity index (χ0v) is 15.2. The van der Waals surface area contributed by atoms with Crippen LogP contribution in [0.25, 0.3) is 10.8 Å². The van der Waals surface area contributed by atoms with E-state index in [9.17, 15) is 9.59 Å². The molecule has 0 saturated carbocycles. The Morgan fingerprint density at radius 1 is 1.12 bits per heavy atom. The van der Waals surface area contributed by atoms with Crippen molar-refractivity contribution in [2.45, 2.75) is 32.3 Å². The van der Waals surface area contributed by atoms with Crippen LogP contribution in [0.15, 0.2) is 42.5 Å². The van der Waals surface area contributed by atoms with Crippen LogP contribution in [-0.2, 0) is 9.53 Å². The number of nitrogens with one attached hydrogen (secondary N) is 1. The lowest BCUT2D eigenvalue weighted by molar-refractivity contribution is -0.133. The van der Waals surface area contributed by atoms with Gasteiger partial charge >= 0.3 is 0 Å². The Kier molecular flexibility index (Phi) is 6.23. The molecule has 138 valence electrons. The predicted molar refractivity (Wildman–Crippen MR) is 102 cm³/mol. The zero-order chi connectivity index (χ0) is 18.4. The summed E-state index contributed by atoms with van der Waals surface area (Å²) in [5.41, 5.74) is 0.619. The molecule has 5 heteroatoms. The summed E-state index contributed by atoms with van der Waals surface area (Å²) in [6.07, 6.45) is 2.39. The summed E-state index contributed by atoms with van der Waals surface area (Å²) in [7, 11) is 0. The summed E-state index contributed by atoms with van der Waals surface area (Å²) in [5, 5.41) is 4.99. The van der Waals surface area contributed by atoms with Gasteiger partial charge in [0.1, 0.15) is 0 Å². The van der Waals surface area contributed by atoms with Crippen LogP contribution in [0.1, 0.15) is 36.5 Å². The second-order valence-electron chi connectivity index (χ2n) is 6.60. The highest BCUT2D eigenvalue weighted by Gasteiger charge is 2.22. The van der Waals surface area contributed by atoms with Gasteiger partial charge in [0.2, 0.25) is 5.91 Å². The first-order valence-electron chi connectivity index (χ1n) is 9.33. The molecule has 1 heterocycles. The largest absolute Gasteiger partial charge is 0.378 e. The molecule has 5 nitrogen and oxygen atoms in total. The lowest BCUT2D eigenvalue weighted by Gasteiger charge is -2.31. The SMILES string of the molecule is CCOC1CCN(C(=O)CCNC(=O)c2ccc3ccccc3c2)CC1. The first-order chi connectivity index (χ1) is 12.7. The number of piperidine rings is 1. The number of amides is 2. The van der Waals surface area contributed by atoms with Crippen molar-refractivity contribution in [2.24, 2.45) is 0 Å². The molecule has 1 N–H and O–H groups in total. The molecule has 1 saturated heterocycles. The van der Waals surface area contributed by atoms with E-state index in [4.69, 9.17) is 4.74 Å². The number of hydrogen-bond donors (Lipinski definition) is 1. The first-order valence-corrected chi connectivity index (χ1v) is 9.33. The number of fused-ring (bicyclic) bond motifs is 1. The predicted octanol–water partition coefficient (Wildman–Crippen LogP) is 2.99. The van der Waals surface area contributed by atoms with Crippen molar-refractivity contribution >= 4 is 22.6 Å². The lowest BCUT2D eigenvalue weighted by Crippen LogP contribution is -2.42. The van der Waals surface area contributed by atoms with E-state index in [1.54, 1.807) is 0 Å². The third-order valence-electron chi connectivity index (χ3n) is 4.83. The molecule has 0 aliphatic carbocycles. The van der Waals surface area contributed by atoms with Crippen molar-refractivity contribution in [3.05, 3.63) is 48.0 Å². The number of carbonyl (C=O) groups excluding carboxylic acids is 2. The van der Waals surface area contributed by atoms with Crippen molar-refractivity contribution in [1.29, 1.82) is 0 Å². The number of carbonyl (C=O) groups is 2. The summed E-state index contributed by atoms with van der Waals surface area (Å²) >= 11 is 0. The Bertz CT molecular complexity index is 767. The topological polar surface area (TPSA) is 58.6 Å². The summed E-state index contributed by atoms with van der Waals surface area (Å²) < 4.78 is 5.61. The summed E-state index contributed by atoms with van der Waals surface area (Å²) in [6, 6.07) is 13.6. The first kappa shape index (κ1) is 18.4. The summed E-state index contributed by atoms with van der Waals surface area (Å²) in [4.78, 5) is 26.5. The highest BCUT2D eigenvalue weighted by Crippen LogP contribution is 2.16. The minimum atomic E-state index is -0.140. The number of rotatable bonds is 6. The van der Waals surface area contributed by atoms with E-state index in [2.05, 4.69) is 5.32 Å². The van der Waals surface area contributed by atoms with E-state index in [0.717, 1.165) is 43.3 Å². The molecule has 0 spiro atoms. The molecule has 1 aliphatic heterocycles. The lowest BCUT2D eigenvalue weighted by atomic mass is 10.1. The third-order valence-corrected chi connectivity index (χ3v) is 4.83. The van der Waals surface area contributed by atoms with Crippen molar-refractivity contribution in [3.8, 4) is 0 Å². The van der Waals surface area contributed by atoms with E-state index in [0.29, 0.717) is 18.5 Å². The highest BCUT2D eigenvalue weighted by atomic mass is 16.5. The van der Waals surface area contributed by atoms with Crippen LogP contribution in [0, 0.1) is 0 Å². The van der Waals surface area contributed by atoms with Crippen LogP contribution < -0.4 is 5.32 Å². The maximum atomic E-state index is 12.3. The molecule has 0 bridgehead atoms. The molecule has 0 radical (unpaired) electrons. The quantitative estimate of drug-likeness (QED) is 0.868. The molecule has 3 rings (SSSR count). The van der Waals surface area contributed by atoms with Crippen molar-refractivity contribution < 1.29 is 14.3 Å². The number of hydrogen-bond acceptors (Lipinski definition) is 3. The monoisotopic (exact) mass is 354 g/mol. The maximum absolute atomic E-state index is 12.3. The highest BCUT2D eigenvalue weighted by molar-refractivity contribution is 5.98. The van der Waals surface area contributed by atoms with Crippen molar-refractivity contribution in [2.75, 3.05) is 26.2 Å². The fourth-order valence-electron chi connectivity index (χ4n) is 3.38. The van der Waals surface area contributed by atoms with Crippen LogP contribution in [0.2, 0.25) is 0 Å². The fourth-order valence-corrected chi connectivity index (χ4v) is 3.38. The molecule has 0 unspecified atom stereocenters. The van der Waals surface area contributed by atoms with Gasteiger partial charge in [0.25, 0.3) is 5.91 Å². The van der Waals surface area contributed by atoms with E-state index < -0.39 is 0 Å². The van der Waals surface area contributed by atoms with Crippen molar-refractivity contribution in [3.63, 3.8) is 0 Å². The van der Waals surface area contributed by atoms with Gasteiger partial charge in [0, 0.05) is 38.2 Å². The van der Waals surface area contributed by atoms with Gasteiger partial charge in [-0.3, -0.25) is 9.59 Å². The maximum Gasteiger partial charge on any atom is 0.251 e. The van der Waals surface area contributed by atoms with E-state index in [1.807, 2.05) is 54.3 Å². The van der Waals surface area contributed by atoms with Crippen LogP contribution >= 0.6 is 0 Å². The third kappa shape index (κ3) is 4.61. The molecule has 0 atom stereocenters. The number of nitrogens with zero attached hydrogens (tertiary/aromatic N) is 1. The Morgan fingerprint density at radius 3 is 2.58 bits per heavy atom. The van der Waals surface area contributed by atoms with Gasteiger partial charge in [-0.1, -0.05) is 30.3 Å². The Morgan fingerprint density at radius 2 is 1.85 bits per heavy atom. The van der Waals surface area contributed by atoms with Gasteiger partial charge in [0.15, 0.2) is 0 Å². The van der Waals surface area contributed by atoms with Gasteiger partial charge in [0.05, 0.1) is 6.10 Å². The summed E-state index contributed by atoms with van der Waals surface area (Å²) in [5.74, 6) is -0.0441. The van der Waals surface area contributed by atoms with Crippen LogP contribution in [-0.4, -0.2) is 49.1 Å². The Balaban J connectivity index is 1.45. The van der Waals surface area contributed by atoms with Crippen LogP contribution in [0.4, 0.5) is 0 Å². The average molecular weight is 354 g/mol. The van der Waals surface area contributed by atoms with Crippen molar-refractivity contribution in [1.82, 2.24) is 10.2 Å². The van der Waals surface area contributed by atoms with Gasteiger partial charge in [-0.05, 0) is 42.7 Å². The smallest absolute Gasteiger partial charge is 0.251 e. The fraction of sp³-hybridized carbons (Fsp3) is 0.429. The summed E-state index contributed by atoms with van der Waals surface area (Å²) in [6.45, 7) is 4.55. The van der Waals surface area contributed by atoms with E-state index in [1.165, 1.54) is 0 Å². The minimum absolute atomic E-state index is 0.0961. The molecule has 2 aromatic carbocycles. The number of benzene rings is 2. The molecule has 1 aliphatic rings. The molecule has 0 aromatic heterocycles.